The largest absolute Gasteiger partial charge is 0.394 e. The third kappa shape index (κ3) is 5.75. The number of carbonyl (C=O) groups excluding carboxylic acids is 2. The summed E-state index contributed by atoms with van der Waals surface area (Å²) in [6.45, 7) is 2.74. The SMILES string of the molecule is CN1CCN(C(=O)C[C@@H]2C=C[C@H](NC(=O)Nc3ccccc3F)[C@H](CO)O2)CC1. The van der Waals surface area contributed by atoms with Crippen LogP contribution in [0.5, 0.6) is 0 Å². The minimum Gasteiger partial charge on any atom is -0.394 e. The Morgan fingerprint density at radius 3 is 2.62 bits per heavy atom. The summed E-state index contributed by atoms with van der Waals surface area (Å²) in [4.78, 5) is 28.6. The van der Waals surface area contributed by atoms with E-state index in [1.807, 2.05) is 11.9 Å². The molecule has 9 heteroatoms. The number of hydrogen-bond donors (Lipinski definition) is 3. The van der Waals surface area contributed by atoms with Crippen molar-refractivity contribution in [2.45, 2.75) is 24.7 Å². The second-order valence-corrected chi connectivity index (χ2v) is 7.27. The zero-order chi connectivity index (χ0) is 20.8. The van der Waals surface area contributed by atoms with Gasteiger partial charge in [-0.2, -0.15) is 0 Å². The van der Waals surface area contributed by atoms with Gasteiger partial charge in [-0.25, -0.2) is 9.18 Å². The van der Waals surface area contributed by atoms with E-state index >= 15 is 0 Å². The number of amides is 3. The molecule has 0 bridgehead atoms. The number of carbonyl (C=O) groups is 2. The maximum atomic E-state index is 13.7. The minimum atomic E-state index is -0.698. The van der Waals surface area contributed by atoms with Gasteiger partial charge in [0.15, 0.2) is 0 Å². The van der Waals surface area contributed by atoms with Crippen molar-refractivity contribution in [2.24, 2.45) is 0 Å². The number of aliphatic hydroxyl groups excluding tert-OH is 1. The summed E-state index contributed by atoms with van der Waals surface area (Å²) in [6, 6.07) is 4.63. The highest BCUT2D eigenvalue weighted by molar-refractivity contribution is 5.89. The van der Waals surface area contributed by atoms with E-state index in [2.05, 4.69) is 15.5 Å². The van der Waals surface area contributed by atoms with E-state index in [0.717, 1.165) is 13.1 Å². The van der Waals surface area contributed by atoms with Gasteiger partial charge in [-0.3, -0.25) is 4.79 Å². The number of urea groups is 1. The third-order valence-electron chi connectivity index (χ3n) is 5.11. The van der Waals surface area contributed by atoms with Crippen molar-refractivity contribution >= 4 is 17.6 Å². The molecule has 3 rings (SSSR count). The number of para-hydroxylation sites is 1. The molecule has 0 aliphatic carbocycles. The summed E-state index contributed by atoms with van der Waals surface area (Å²) in [6.07, 6.45) is 2.44. The molecule has 0 unspecified atom stereocenters. The maximum Gasteiger partial charge on any atom is 0.319 e. The van der Waals surface area contributed by atoms with Crippen LogP contribution in [0.15, 0.2) is 36.4 Å². The lowest BCUT2D eigenvalue weighted by Crippen LogP contribution is -2.51. The van der Waals surface area contributed by atoms with Gasteiger partial charge in [0.25, 0.3) is 0 Å². The van der Waals surface area contributed by atoms with Gasteiger partial charge < -0.3 is 30.3 Å². The number of anilines is 1. The van der Waals surface area contributed by atoms with Crippen LogP contribution in [0.2, 0.25) is 0 Å². The number of nitrogens with zero attached hydrogens (tertiary/aromatic N) is 2. The summed E-state index contributed by atoms with van der Waals surface area (Å²) < 4.78 is 19.5. The number of piperazine rings is 1. The van der Waals surface area contributed by atoms with Crippen LogP contribution in [0.3, 0.4) is 0 Å². The van der Waals surface area contributed by atoms with Gasteiger partial charge in [0.1, 0.15) is 11.9 Å². The van der Waals surface area contributed by atoms with Gasteiger partial charge in [0.2, 0.25) is 5.91 Å². The second kappa shape index (κ2) is 9.82. The van der Waals surface area contributed by atoms with Crippen LogP contribution in [0.25, 0.3) is 0 Å². The summed E-state index contributed by atoms with van der Waals surface area (Å²) in [5.41, 5.74) is 0.0573. The first-order valence-corrected chi connectivity index (χ1v) is 9.69. The second-order valence-electron chi connectivity index (χ2n) is 7.27. The molecule has 2 aliphatic heterocycles. The Balaban J connectivity index is 1.53. The summed E-state index contributed by atoms with van der Waals surface area (Å²) >= 11 is 0. The van der Waals surface area contributed by atoms with E-state index < -0.39 is 30.1 Å². The van der Waals surface area contributed by atoms with Crippen LogP contribution < -0.4 is 10.6 Å². The van der Waals surface area contributed by atoms with Gasteiger partial charge in [-0.15, -0.1) is 0 Å². The Kier molecular flexibility index (Phi) is 7.18. The van der Waals surface area contributed by atoms with E-state index in [1.54, 1.807) is 18.2 Å². The van der Waals surface area contributed by atoms with Crippen LogP contribution in [0.1, 0.15) is 6.42 Å². The predicted molar refractivity (Wildman–Crippen MR) is 106 cm³/mol. The van der Waals surface area contributed by atoms with Gasteiger partial charge in [0.05, 0.1) is 30.9 Å². The van der Waals surface area contributed by atoms with Crippen LogP contribution in [0.4, 0.5) is 14.9 Å². The number of nitrogens with one attached hydrogen (secondary N) is 2. The standard InChI is InChI=1S/C20H27FN4O4/c1-24-8-10-25(11-9-24)19(27)12-14-6-7-17(18(13-26)29-14)23-20(28)22-16-5-3-2-4-15(16)21/h2-7,14,17-18,26H,8-13H2,1H3,(H2,22,23,28)/t14-,17-,18-/m0/s1. The fourth-order valence-corrected chi connectivity index (χ4v) is 3.37. The molecule has 29 heavy (non-hydrogen) atoms. The predicted octanol–water partition coefficient (Wildman–Crippen LogP) is 0.796. The molecule has 0 aromatic heterocycles. The average Bonchev–Trinajstić information content (AvgIpc) is 2.71. The smallest absolute Gasteiger partial charge is 0.319 e. The average molecular weight is 406 g/mol. The van der Waals surface area contributed by atoms with Gasteiger partial charge in [-0.1, -0.05) is 24.3 Å². The fraction of sp³-hybridized carbons (Fsp3) is 0.500. The topological polar surface area (TPSA) is 94.1 Å². The van der Waals surface area contributed by atoms with Crippen molar-refractivity contribution < 1.29 is 23.8 Å². The molecule has 1 saturated heterocycles. The molecule has 2 heterocycles. The highest BCUT2D eigenvalue weighted by Crippen LogP contribution is 2.18. The monoisotopic (exact) mass is 406 g/mol. The van der Waals surface area contributed by atoms with Crippen molar-refractivity contribution in [3.63, 3.8) is 0 Å². The first-order valence-electron chi connectivity index (χ1n) is 9.69. The zero-order valence-corrected chi connectivity index (χ0v) is 16.4. The number of rotatable bonds is 5. The van der Waals surface area contributed by atoms with Crippen LogP contribution in [-0.4, -0.2) is 84.9 Å². The number of likely N-dealkylation sites (N-methyl/N-ethyl adjacent to an activating group) is 1. The molecule has 0 radical (unpaired) electrons. The molecule has 0 spiro atoms. The highest BCUT2D eigenvalue weighted by Gasteiger charge is 2.30. The fourth-order valence-electron chi connectivity index (χ4n) is 3.37. The van der Waals surface area contributed by atoms with E-state index in [-0.39, 0.29) is 24.6 Å². The minimum absolute atomic E-state index is 0.00754. The van der Waals surface area contributed by atoms with Crippen molar-refractivity contribution in [1.82, 2.24) is 15.1 Å². The van der Waals surface area contributed by atoms with Crippen molar-refractivity contribution in [3.05, 3.63) is 42.2 Å². The van der Waals surface area contributed by atoms with E-state index in [9.17, 15) is 19.1 Å². The summed E-state index contributed by atoms with van der Waals surface area (Å²) in [7, 11) is 2.02. The molecule has 1 aromatic rings. The molecule has 3 amide bonds. The first-order chi connectivity index (χ1) is 14.0. The van der Waals surface area contributed by atoms with Crippen molar-refractivity contribution in [2.75, 3.05) is 45.2 Å². The maximum absolute atomic E-state index is 13.7. The number of hydrogen-bond acceptors (Lipinski definition) is 5. The van der Waals surface area contributed by atoms with Crippen LogP contribution >= 0.6 is 0 Å². The van der Waals surface area contributed by atoms with E-state index in [0.29, 0.717) is 13.1 Å². The van der Waals surface area contributed by atoms with Crippen molar-refractivity contribution in [3.8, 4) is 0 Å². The van der Waals surface area contributed by atoms with Gasteiger partial charge in [-0.05, 0) is 19.2 Å². The molecule has 3 atom stereocenters. The summed E-state index contributed by atoms with van der Waals surface area (Å²) in [5.74, 6) is -0.535. The normalized spacial score (nSPS) is 24.9. The highest BCUT2D eigenvalue weighted by atomic mass is 19.1. The molecule has 0 saturated carbocycles. The molecule has 1 fully saturated rings. The number of halogens is 1. The molecule has 8 nitrogen and oxygen atoms in total. The number of aliphatic hydroxyl groups is 1. The molecular weight excluding hydrogens is 379 g/mol. The molecule has 158 valence electrons. The van der Waals surface area contributed by atoms with Gasteiger partial charge >= 0.3 is 6.03 Å². The van der Waals surface area contributed by atoms with Crippen LogP contribution in [0, 0.1) is 5.82 Å². The quantitative estimate of drug-likeness (QED) is 0.629. The first kappa shape index (κ1) is 21.2. The zero-order valence-electron chi connectivity index (χ0n) is 16.4. The Hall–Kier alpha value is -2.49. The number of ether oxygens (including phenoxy) is 1. The molecule has 3 N–H and O–H groups in total. The Morgan fingerprint density at radius 1 is 1.21 bits per heavy atom. The lowest BCUT2D eigenvalue weighted by Gasteiger charge is -2.35. The Labute approximate surface area is 169 Å². The molecular formula is C20H27FN4O4. The lowest BCUT2D eigenvalue weighted by molar-refractivity contribution is -0.137. The number of benzene rings is 1. The van der Waals surface area contributed by atoms with Crippen LogP contribution in [-0.2, 0) is 9.53 Å². The van der Waals surface area contributed by atoms with Gasteiger partial charge in [0, 0.05) is 26.2 Å². The van der Waals surface area contributed by atoms with Crippen molar-refractivity contribution in [1.29, 1.82) is 0 Å². The van der Waals surface area contributed by atoms with E-state index in [1.165, 1.54) is 18.2 Å². The lowest BCUT2D eigenvalue weighted by atomic mass is 10.0. The summed E-state index contributed by atoms with van der Waals surface area (Å²) in [5, 5.41) is 14.7. The molecule has 2 aliphatic rings. The molecule has 1 aromatic carbocycles. The third-order valence-corrected chi connectivity index (χ3v) is 5.11. The Morgan fingerprint density at radius 2 is 1.93 bits per heavy atom. The Bertz CT molecular complexity index is 752. The van der Waals surface area contributed by atoms with E-state index in [4.69, 9.17) is 4.74 Å².